The number of rotatable bonds is 4. The summed E-state index contributed by atoms with van der Waals surface area (Å²) in [6.45, 7) is 1.49. The van der Waals surface area contributed by atoms with Crippen molar-refractivity contribution in [3.63, 3.8) is 0 Å². The zero-order valence-electron chi connectivity index (χ0n) is 6.13. The zero-order valence-corrected chi connectivity index (χ0v) is 6.13. The predicted octanol–water partition coefficient (Wildman–Crippen LogP) is -0.142. The SMILES string of the molecule is COCCC(C)(O)C(=O)O. The van der Waals surface area contributed by atoms with Crippen molar-refractivity contribution in [2.45, 2.75) is 18.9 Å². The van der Waals surface area contributed by atoms with Gasteiger partial charge in [0.05, 0.1) is 0 Å². The smallest absolute Gasteiger partial charge is 0.335 e. The van der Waals surface area contributed by atoms with Crippen molar-refractivity contribution in [3.05, 3.63) is 0 Å². The second-order valence-corrected chi connectivity index (χ2v) is 2.32. The second-order valence-electron chi connectivity index (χ2n) is 2.32. The van der Waals surface area contributed by atoms with Crippen molar-refractivity contribution in [1.82, 2.24) is 0 Å². The lowest BCUT2D eigenvalue weighted by Gasteiger charge is -2.16. The quantitative estimate of drug-likeness (QED) is 0.582. The molecule has 0 saturated heterocycles. The van der Waals surface area contributed by atoms with E-state index >= 15 is 0 Å². The minimum atomic E-state index is -1.66. The van der Waals surface area contributed by atoms with E-state index in [1.54, 1.807) is 0 Å². The highest BCUT2D eigenvalue weighted by molar-refractivity contribution is 5.76. The molecule has 10 heavy (non-hydrogen) atoms. The molecule has 0 amide bonds. The van der Waals surface area contributed by atoms with Gasteiger partial charge in [0.2, 0.25) is 0 Å². The average Bonchev–Trinajstić information content (AvgIpc) is 1.84. The Balaban J connectivity index is 3.75. The molecule has 0 aliphatic carbocycles. The maximum Gasteiger partial charge on any atom is 0.335 e. The van der Waals surface area contributed by atoms with E-state index in [0.29, 0.717) is 0 Å². The van der Waals surface area contributed by atoms with Crippen molar-refractivity contribution in [2.75, 3.05) is 13.7 Å². The summed E-state index contributed by atoms with van der Waals surface area (Å²) in [5.41, 5.74) is -1.66. The van der Waals surface area contributed by atoms with E-state index in [2.05, 4.69) is 4.74 Å². The van der Waals surface area contributed by atoms with Crippen molar-refractivity contribution < 1.29 is 19.7 Å². The van der Waals surface area contributed by atoms with Crippen LogP contribution in [0, 0.1) is 0 Å². The summed E-state index contributed by atoms with van der Waals surface area (Å²) in [6.07, 6.45) is 0.110. The maximum absolute atomic E-state index is 10.2. The van der Waals surface area contributed by atoms with E-state index in [4.69, 9.17) is 10.2 Å². The van der Waals surface area contributed by atoms with Gasteiger partial charge in [0.25, 0.3) is 0 Å². The van der Waals surface area contributed by atoms with Crippen molar-refractivity contribution in [1.29, 1.82) is 0 Å². The second kappa shape index (κ2) is 3.53. The topological polar surface area (TPSA) is 66.8 Å². The Morgan fingerprint density at radius 2 is 2.20 bits per heavy atom. The summed E-state index contributed by atoms with van der Waals surface area (Å²) in [5, 5.41) is 17.4. The van der Waals surface area contributed by atoms with Gasteiger partial charge < -0.3 is 14.9 Å². The molecule has 4 heteroatoms. The van der Waals surface area contributed by atoms with E-state index in [1.165, 1.54) is 14.0 Å². The third-order valence-corrected chi connectivity index (χ3v) is 1.25. The third-order valence-electron chi connectivity index (χ3n) is 1.25. The number of aliphatic hydroxyl groups is 1. The van der Waals surface area contributed by atoms with E-state index in [0.717, 1.165) is 0 Å². The van der Waals surface area contributed by atoms with Crippen LogP contribution in [0.3, 0.4) is 0 Å². The minimum Gasteiger partial charge on any atom is -0.479 e. The molecule has 4 nitrogen and oxygen atoms in total. The number of aliphatic carboxylic acids is 1. The largest absolute Gasteiger partial charge is 0.479 e. The number of methoxy groups -OCH3 is 1. The fourth-order valence-electron chi connectivity index (χ4n) is 0.408. The zero-order chi connectivity index (χ0) is 8.20. The molecule has 0 rings (SSSR count). The molecule has 1 atom stereocenters. The van der Waals surface area contributed by atoms with Gasteiger partial charge in [0.15, 0.2) is 5.60 Å². The summed E-state index contributed by atoms with van der Waals surface area (Å²) < 4.78 is 4.60. The Morgan fingerprint density at radius 3 is 2.50 bits per heavy atom. The monoisotopic (exact) mass is 148 g/mol. The van der Waals surface area contributed by atoms with Crippen LogP contribution < -0.4 is 0 Å². The maximum atomic E-state index is 10.2. The first-order chi connectivity index (χ1) is 4.50. The fourth-order valence-corrected chi connectivity index (χ4v) is 0.408. The molecule has 0 saturated carbocycles. The van der Waals surface area contributed by atoms with Crippen LogP contribution in [0.25, 0.3) is 0 Å². The minimum absolute atomic E-state index is 0.110. The highest BCUT2D eigenvalue weighted by Crippen LogP contribution is 2.08. The van der Waals surface area contributed by atoms with Gasteiger partial charge in [-0.25, -0.2) is 4.79 Å². The predicted molar refractivity (Wildman–Crippen MR) is 34.8 cm³/mol. The van der Waals surface area contributed by atoms with Crippen LogP contribution in [-0.2, 0) is 9.53 Å². The Morgan fingerprint density at radius 1 is 1.70 bits per heavy atom. The molecule has 60 valence electrons. The van der Waals surface area contributed by atoms with Gasteiger partial charge in [-0.3, -0.25) is 0 Å². The number of carboxylic acid groups (broad SMARTS) is 1. The fraction of sp³-hybridized carbons (Fsp3) is 0.833. The third kappa shape index (κ3) is 2.80. The van der Waals surface area contributed by atoms with Gasteiger partial charge in [-0.05, 0) is 6.92 Å². The number of carbonyl (C=O) groups is 1. The van der Waals surface area contributed by atoms with Crippen LogP contribution in [0.4, 0.5) is 0 Å². The summed E-state index contributed by atoms with van der Waals surface area (Å²) in [5.74, 6) is -1.22. The van der Waals surface area contributed by atoms with E-state index < -0.39 is 11.6 Å². The lowest BCUT2D eigenvalue weighted by molar-refractivity contribution is -0.158. The van der Waals surface area contributed by atoms with Crippen molar-refractivity contribution >= 4 is 5.97 Å². The van der Waals surface area contributed by atoms with Gasteiger partial charge in [-0.15, -0.1) is 0 Å². The number of ether oxygens (including phenoxy) is 1. The molecule has 0 bridgehead atoms. The Hall–Kier alpha value is -0.610. The van der Waals surface area contributed by atoms with Crippen molar-refractivity contribution in [2.24, 2.45) is 0 Å². The number of carboxylic acids is 1. The van der Waals surface area contributed by atoms with E-state index in [1.807, 2.05) is 0 Å². The molecular formula is C6H12O4. The lowest BCUT2D eigenvalue weighted by atomic mass is 10.0. The molecule has 0 aromatic rings. The van der Waals surface area contributed by atoms with Crippen LogP contribution in [0.1, 0.15) is 13.3 Å². The molecular weight excluding hydrogens is 136 g/mol. The number of hydrogen-bond donors (Lipinski definition) is 2. The van der Waals surface area contributed by atoms with Crippen LogP contribution in [-0.4, -0.2) is 35.5 Å². The molecule has 0 fully saturated rings. The molecule has 0 radical (unpaired) electrons. The van der Waals surface area contributed by atoms with Gasteiger partial charge in [-0.1, -0.05) is 0 Å². The Kier molecular flexibility index (Phi) is 3.32. The van der Waals surface area contributed by atoms with Crippen LogP contribution in [0.2, 0.25) is 0 Å². The molecule has 0 aromatic carbocycles. The standard InChI is InChI=1S/C6H12O4/c1-6(9,5(7)8)3-4-10-2/h9H,3-4H2,1-2H3,(H,7,8). The van der Waals surface area contributed by atoms with Crippen LogP contribution >= 0.6 is 0 Å². The van der Waals surface area contributed by atoms with Gasteiger partial charge in [0, 0.05) is 20.1 Å². The Bertz CT molecular complexity index is 119. The molecule has 0 aromatic heterocycles. The highest BCUT2D eigenvalue weighted by Gasteiger charge is 2.28. The van der Waals surface area contributed by atoms with E-state index in [9.17, 15) is 4.79 Å². The summed E-state index contributed by atoms with van der Waals surface area (Å²) in [4.78, 5) is 10.2. The van der Waals surface area contributed by atoms with Gasteiger partial charge in [-0.2, -0.15) is 0 Å². The molecule has 0 aliphatic rings. The molecule has 0 spiro atoms. The van der Waals surface area contributed by atoms with Gasteiger partial charge >= 0.3 is 5.97 Å². The lowest BCUT2D eigenvalue weighted by Crippen LogP contribution is -2.35. The normalized spacial score (nSPS) is 16.3. The molecule has 2 N–H and O–H groups in total. The van der Waals surface area contributed by atoms with Crippen LogP contribution in [0.15, 0.2) is 0 Å². The first-order valence-corrected chi connectivity index (χ1v) is 2.95. The molecule has 0 heterocycles. The molecule has 0 aliphatic heterocycles. The summed E-state index contributed by atoms with van der Waals surface area (Å²) in [6, 6.07) is 0. The van der Waals surface area contributed by atoms with Crippen LogP contribution in [0.5, 0.6) is 0 Å². The first-order valence-electron chi connectivity index (χ1n) is 2.95. The number of hydrogen-bond acceptors (Lipinski definition) is 3. The average molecular weight is 148 g/mol. The van der Waals surface area contributed by atoms with E-state index in [-0.39, 0.29) is 13.0 Å². The van der Waals surface area contributed by atoms with Gasteiger partial charge in [0.1, 0.15) is 0 Å². The molecule has 1 unspecified atom stereocenters. The highest BCUT2D eigenvalue weighted by atomic mass is 16.5. The van der Waals surface area contributed by atoms with Crippen molar-refractivity contribution in [3.8, 4) is 0 Å². The Labute approximate surface area is 59.4 Å². The summed E-state index contributed by atoms with van der Waals surface area (Å²) in [7, 11) is 1.46. The summed E-state index contributed by atoms with van der Waals surface area (Å²) >= 11 is 0. The first kappa shape index (κ1) is 9.39.